The monoisotopic (exact) mass is 277 g/mol. The van der Waals surface area contributed by atoms with Gasteiger partial charge < -0.3 is 10.1 Å². The second-order valence-electron chi connectivity index (χ2n) is 5.75. The fraction of sp³-hybridized carbons (Fsp3) is 1.00. The molecule has 18 heavy (non-hydrogen) atoms. The fourth-order valence-electron chi connectivity index (χ4n) is 2.85. The standard InChI is InChI=1S/C13H27NO3S/c1-6-13(4)11(8-12(13)17-7-2)14-10(3)9-18(5,15)16/h10-12,14H,6-9H2,1-5H3. The molecule has 0 heterocycles. The van der Waals surface area contributed by atoms with Crippen molar-refractivity contribution in [2.24, 2.45) is 5.41 Å². The van der Waals surface area contributed by atoms with E-state index in [1.165, 1.54) is 6.26 Å². The van der Waals surface area contributed by atoms with Crippen LogP contribution in [0.4, 0.5) is 0 Å². The van der Waals surface area contributed by atoms with Crippen LogP contribution in [0.3, 0.4) is 0 Å². The minimum absolute atomic E-state index is 0.00143. The molecule has 1 rings (SSSR count). The predicted octanol–water partition coefficient (Wildman–Crippen LogP) is 1.60. The summed E-state index contributed by atoms with van der Waals surface area (Å²) >= 11 is 0. The topological polar surface area (TPSA) is 55.4 Å². The molecule has 4 nitrogen and oxygen atoms in total. The van der Waals surface area contributed by atoms with Crippen LogP contribution in [0.15, 0.2) is 0 Å². The second kappa shape index (κ2) is 5.88. The van der Waals surface area contributed by atoms with Crippen LogP contribution in [-0.4, -0.2) is 45.2 Å². The lowest BCUT2D eigenvalue weighted by molar-refractivity contribution is -0.127. The average Bonchev–Trinajstić information content (AvgIpc) is 2.24. The van der Waals surface area contributed by atoms with Crippen LogP contribution in [-0.2, 0) is 14.6 Å². The third-order valence-electron chi connectivity index (χ3n) is 4.15. The van der Waals surface area contributed by atoms with Gasteiger partial charge >= 0.3 is 0 Å². The van der Waals surface area contributed by atoms with Gasteiger partial charge in [-0.15, -0.1) is 0 Å². The molecule has 0 bridgehead atoms. The minimum Gasteiger partial charge on any atom is -0.378 e. The van der Waals surface area contributed by atoms with E-state index in [0.29, 0.717) is 12.1 Å². The molecule has 0 saturated heterocycles. The summed E-state index contributed by atoms with van der Waals surface area (Å²) in [6, 6.07) is 0.356. The normalized spacial score (nSPS) is 34.1. The molecule has 1 saturated carbocycles. The number of ether oxygens (including phenoxy) is 1. The molecule has 1 fully saturated rings. The van der Waals surface area contributed by atoms with Gasteiger partial charge in [0.25, 0.3) is 0 Å². The molecular weight excluding hydrogens is 250 g/mol. The van der Waals surface area contributed by atoms with Crippen molar-refractivity contribution in [2.75, 3.05) is 18.6 Å². The van der Waals surface area contributed by atoms with Gasteiger partial charge in [-0.3, -0.25) is 0 Å². The first-order chi connectivity index (χ1) is 8.23. The third kappa shape index (κ3) is 3.68. The summed E-state index contributed by atoms with van der Waals surface area (Å²) in [6.07, 6.45) is 3.61. The second-order valence-corrected chi connectivity index (χ2v) is 7.94. The van der Waals surface area contributed by atoms with E-state index in [-0.39, 0.29) is 17.2 Å². The lowest BCUT2D eigenvalue weighted by Gasteiger charge is -2.54. The number of rotatable bonds is 7. The quantitative estimate of drug-likeness (QED) is 0.768. The Morgan fingerprint density at radius 1 is 1.44 bits per heavy atom. The lowest BCUT2D eigenvalue weighted by atomic mass is 9.61. The minimum atomic E-state index is -2.91. The Morgan fingerprint density at radius 2 is 2.06 bits per heavy atom. The highest BCUT2D eigenvalue weighted by Gasteiger charge is 2.51. The maximum Gasteiger partial charge on any atom is 0.148 e. The molecule has 0 amide bonds. The van der Waals surface area contributed by atoms with Crippen LogP contribution in [0.5, 0.6) is 0 Å². The van der Waals surface area contributed by atoms with Crippen molar-refractivity contribution < 1.29 is 13.2 Å². The smallest absolute Gasteiger partial charge is 0.148 e. The van der Waals surface area contributed by atoms with E-state index in [1.807, 2.05) is 13.8 Å². The molecule has 5 heteroatoms. The van der Waals surface area contributed by atoms with Gasteiger partial charge in [-0.1, -0.05) is 13.8 Å². The maximum atomic E-state index is 11.3. The highest BCUT2D eigenvalue weighted by Crippen LogP contribution is 2.46. The molecular formula is C13H27NO3S. The molecule has 0 aliphatic heterocycles. The van der Waals surface area contributed by atoms with Gasteiger partial charge in [-0.25, -0.2) is 8.42 Å². The van der Waals surface area contributed by atoms with E-state index in [0.717, 1.165) is 19.4 Å². The Hall–Kier alpha value is -0.130. The lowest BCUT2D eigenvalue weighted by Crippen LogP contribution is -2.64. The molecule has 0 aromatic rings. The number of hydrogen-bond acceptors (Lipinski definition) is 4. The summed E-state index contributed by atoms with van der Waals surface area (Å²) in [6.45, 7) is 9.09. The van der Waals surface area contributed by atoms with Gasteiger partial charge in [0.15, 0.2) is 0 Å². The van der Waals surface area contributed by atoms with Crippen LogP contribution >= 0.6 is 0 Å². The fourth-order valence-corrected chi connectivity index (χ4v) is 3.86. The summed E-state index contributed by atoms with van der Waals surface area (Å²) in [5.41, 5.74) is 0.127. The zero-order chi connectivity index (χ0) is 14.0. The first-order valence-corrected chi connectivity index (χ1v) is 8.84. The van der Waals surface area contributed by atoms with E-state index in [4.69, 9.17) is 4.74 Å². The van der Waals surface area contributed by atoms with E-state index >= 15 is 0 Å². The third-order valence-corrected chi connectivity index (χ3v) is 5.25. The zero-order valence-corrected chi connectivity index (χ0v) is 13.0. The van der Waals surface area contributed by atoms with Crippen LogP contribution in [0.1, 0.15) is 40.5 Å². The Balaban J connectivity index is 2.54. The van der Waals surface area contributed by atoms with Crippen LogP contribution < -0.4 is 5.32 Å². The number of hydrogen-bond donors (Lipinski definition) is 1. The molecule has 4 atom stereocenters. The summed E-state index contributed by atoms with van der Waals surface area (Å²) in [5.74, 6) is 0.197. The van der Waals surface area contributed by atoms with E-state index in [1.54, 1.807) is 0 Å². The Kier molecular flexibility index (Phi) is 5.21. The van der Waals surface area contributed by atoms with E-state index in [2.05, 4.69) is 19.2 Å². The van der Waals surface area contributed by atoms with Gasteiger partial charge in [0.05, 0.1) is 11.9 Å². The first-order valence-electron chi connectivity index (χ1n) is 6.78. The molecule has 1 aliphatic carbocycles. The van der Waals surface area contributed by atoms with Crippen molar-refractivity contribution in [1.29, 1.82) is 0 Å². The largest absolute Gasteiger partial charge is 0.378 e. The molecule has 1 aliphatic rings. The van der Waals surface area contributed by atoms with Crippen LogP contribution in [0.25, 0.3) is 0 Å². The SMILES string of the molecule is CCOC1CC(NC(C)CS(C)(=O)=O)C1(C)CC. The molecule has 4 unspecified atom stereocenters. The Morgan fingerprint density at radius 3 is 2.50 bits per heavy atom. The molecule has 0 aromatic heterocycles. The molecule has 1 N–H and O–H groups in total. The Bertz CT molecular complexity index is 368. The van der Waals surface area contributed by atoms with Crippen molar-refractivity contribution in [3.05, 3.63) is 0 Å². The van der Waals surface area contributed by atoms with Gasteiger partial charge in [0.2, 0.25) is 0 Å². The summed E-state index contributed by atoms with van der Waals surface area (Å²) < 4.78 is 28.3. The van der Waals surface area contributed by atoms with Crippen LogP contribution in [0, 0.1) is 5.41 Å². The van der Waals surface area contributed by atoms with Gasteiger partial charge in [0.1, 0.15) is 9.84 Å². The molecule has 108 valence electrons. The van der Waals surface area contributed by atoms with Gasteiger partial charge in [0, 0.05) is 30.4 Å². The highest BCUT2D eigenvalue weighted by atomic mass is 32.2. The van der Waals surface area contributed by atoms with E-state index < -0.39 is 9.84 Å². The van der Waals surface area contributed by atoms with Gasteiger partial charge in [-0.2, -0.15) is 0 Å². The molecule has 0 radical (unpaired) electrons. The summed E-state index contributed by atoms with van der Waals surface area (Å²) in [7, 11) is -2.91. The molecule has 0 spiro atoms. The highest BCUT2D eigenvalue weighted by molar-refractivity contribution is 7.90. The van der Waals surface area contributed by atoms with Crippen molar-refractivity contribution >= 4 is 9.84 Å². The van der Waals surface area contributed by atoms with Crippen molar-refractivity contribution in [2.45, 2.75) is 58.7 Å². The van der Waals surface area contributed by atoms with E-state index in [9.17, 15) is 8.42 Å². The summed E-state index contributed by atoms with van der Waals surface area (Å²) in [5, 5.41) is 3.44. The molecule has 0 aromatic carbocycles. The van der Waals surface area contributed by atoms with Gasteiger partial charge in [-0.05, 0) is 26.7 Å². The van der Waals surface area contributed by atoms with Crippen molar-refractivity contribution in [3.8, 4) is 0 Å². The first kappa shape index (κ1) is 15.9. The average molecular weight is 277 g/mol. The van der Waals surface area contributed by atoms with Crippen molar-refractivity contribution in [3.63, 3.8) is 0 Å². The predicted molar refractivity (Wildman–Crippen MR) is 74.5 cm³/mol. The van der Waals surface area contributed by atoms with Crippen molar-refractivity contribution in [1.82, 2.24) is 5.32 Å². The number of nitrogens with one attached hydrogen (secondary N) is 1. The maximum absolute atomic E-state index is 11.3. The summed E-state index contributed by atoms with van der Waals surface area (Å²) in [4.78, 5) is 0. The Labute approximate surface area is 111 Å². The number of sulfone groups is 1. The zero-order valence-electron chi connectivity index (χ0n) is 12.2. The van der Waals surface area contributed by atoms with Crippen LogP contribution in [0.2, 0.25) is 0 Å².